The van der Waals surface area contributed by atoms with Gasteiger partial charge in [0.15, 0.2) is 4.08 Å². The van der Waals surface area contributed by atoms with Crippen LogP contribution in [-0.2, 0) is 40.7 Å². The maximum absolute atomic E-state index is 14.5. The second-order valence-corrected chi connectivity index (χ2v) is 12.0. The SMILES string of the molecule is COC(=O)C1(C(=O)OC)C(c2ccccc2)C1(S(=O)c1ccc(C)cc1)S(=O)c1ccc(C)cc1. The number of hydrogen-bond acceptors (Lipinski definition) is 6. The Hall–Kier alpha value is -3.10. The van der Waals surface area contributed by atoms with Gasteiger partial charge in [0.05, 0.1) is 35.8 Å². The number of aryl methyl sites for hydroxylation is 2. The average Bonchev–Trinajstić information content (AvgIpc) is 3.54. The van der Waals surface area contributed by atoms with Crippen molar-refractivity contribution >= 4 is 33.5 Å². The Labute approximate surface area is 209 Å². The number of ether oxygens (including phenoxy) is 2. The molecular weight excluding hydrogens is 484 g/mol. The van der Waals surface area contributed by atoms with E-state index in [0.29, 0.717) is 15.4 Å². The fourth-order valence-electron chi connectivity index (χ4n) is 4.71. The molecule has 3 aromatic rings. The molecule has 35 heavy (non-hydrogen) atoms. The van der Waals surface area contributed by atoms with Crippen LogP contribution in [0.1, 0.15) is 22.6 Å². The third kappa shape index (κ3) is 3.67. The lowest BCUT2D eigenvalue weighted by molar-refractivity contribution is -0.161. The number of benzene rings is 3. The predicted octanol–water partition coefficient (Wildman–Crippen LogP) is 4.04. The van der Waals surface area contributed by atoms with E-state index in [1.165, 1.54) is 0 Å². The van der Waals surface area contributed by atoms with Gasteiger partial charge in [-0.15, -0.1) is 0 Å². The molecule has 1 aliphatic carbocycles. The zero-order valence-electron chi connectivity index (χ0n) is 19.8. The average molecular weight is 511 g/mol. The van der Waals surface area contributed by atoms with E-state index in [1.807, 2.05) is 13.8 Å². The van der Waals surface area contributed by atoms with Gasteiger partial charge in [-0.25, -0.2) is 0 Å². The standard InChI is InChI=1S/C27H26O6S2/c1-18-10-14-21(15-11-18)34(30)27(35(31)22-16-12-19(2)13-17-22)23(20-8-6-5-7-9-20)26(27,24(28)32-3)25(29)33-4/h5-17,23H,1-4H3. The minimum absolute atomic E-state index is 0.353. The van der Waals surface area contributed by atoms with Crippen molar-refractivity contribution in [1.82, 2.24) is 0 Å². The Kier molecular flexibility index (Phi) is 6.79. The van der Waals surface area contributed by atoms with Crippen LogP contribution in [-0.4, -0.2) is 38.7 Å². The Bertz CT molecular complexity index is 1230. The summed E-state index contributed by atoms with van der Waals surface area (Å²) in [4.78, 5) is 27.7. The van der Waals surface area contributed by atoms with Gasteiger partial charge in [-0.05, 0) is 43.7 Å². The van der Waals surface area contributed by atoms with Crippen LogP contribution >= 0.6 is 0 Å². The molecular formula is C27H26O6S2. The van der Waals surface area contributed by atoms with E-state index >= 15 is 0 Å². The van der Waals surface area contributed by atoms with E-state index < -0.39 is 48.9 Å². The molecule has 3 atom stereocenters. The minimum Gasteiger partial charge on any atom is -0.468 e. The third-order valence-corrected chi connectivity index (χ3v) is 11.0. The molecule has 1 saturated carbocycles. The third-order valence-electron chi connectivity index (χ3n) is 6.45. The van der Waals surface area contributed by atoms with Crippen molar-refractivity contribution in [3.63, 3.8) is 0 Å². The molecule has 3 unspecified atom stereocenters. The molecule has 0 bridgehead atoms. The maximum atomic E-state index is 14.5. The Balaban J connectivity index is 2.07. The summed E-state index contributed by atoms with van der Waals surface area (Å²) in [6.45, 7) is 3.79. The Morgan fingerprint density at radius 2 is 1.09 bits per heavy atom. The summed E-state index contributed by atoms with van der Waals surface area (Å²) in [6, 6.07) is 22.6. The summed E-state index contributed by atoms with van der Waals surface area (Å²) >= 11 is 0. The highest BCUT2D eigenvalue weighted by Gasteiger charge is 2.92. The van der Waals surface area contributed by atoms with E-state index in [-0.39, 0.29) is 0 Å². The minimum atomic E-state index is -2.08. The number of hydrogen-bond donors (Lipinski definition) is 0. The van der Waals surface area contributed by atoms with Gasteiger partial charge in [0.1, 0.15) is 0 Å². The molecule has 0 heterocycles. The first-order valence-corrected chi connectivity index (χ1v) is 13.3. The lowest BCUT2D eigenvalue weighted by Gasteiger charge is -2.22. The van der Waals surface area contributed by atoms with Gasteiger partial charge in [-0.2, -0.15) is 0 Å². The van der Waals surface area contributed by atoms with Crippen LogP contribution < -0.4 is 0 Å². The monoisotopic (exact) mass is 510 g/mol. The zero-order chi connectivity index (χ0) is 25.4. The van der Waals surface area contributed by atoms with Crippen molar-refractivity contribution in [3.8, 4) is 0 Å². The number of rotatable bonds is 7. The molecule has 8 heteroatoms. The molecule has 0 radical (unpaired) electrons. The van der Waals surface area contributed by atoms with Crippen LogP contribution in [0, 0.1) is 19.3 Å². The van der Waals surface area contributed by atoms with Gasteiger partial charge >= 0.3 is 11.9 Å². The summed E-state index contributed by atoms with van der Waals surface area (Å²) in [5.74, 6) is -2.88. The van der Waals surface area contributed by atoms with Gasteiger partial charge < -0.3 is 9.47 Å². The first-order chi connectivity index (χ1) is 16.8. The maximum Gasteiger partial charge on any atom is 0.326 e. The molecule has 182 valence electrons. The van der Waals surface area contributed by atoms with Crippen molar-refractivity contribution in [2.24, 2.45) is 5.41 Å². The molecule has 1 aliphatic rings. The van der Waals surface area contributed by atoms with Gasteiger partial charge in [0.25, 0.3) is 0 Å². The molecule has 0 amide bonds. The van der Waals surface area contributed by atoms with E-state index in [9.17, 15) is 18.0 Å². The van der Waals surface area contributed by atoms with Crippen LogP contribution in [0.25, 0.3) is 0 Å². The van der Waals surface area contributed by atoms with Crippen molar-refractivity contribution in [2.45, 2.75) is 33.6 Å². The predicted molar refractivity (Wildman–Crippen MR) is 134 cm³/mol. The summed E-state index contributed by atoms with van der Waals surface area (Å²) in [5.41, 5.74) is 0.358. The fourth-order valence-corrected chi connectivity index (χ4v) is 9.40. The highest BCUT2D eigenvalue weighted by Crippen LogP contribution is 2.75. The lowest BCUT2D eigenvalue weighted by atomic mass is 9.99. The Morgan fingerprint density at radius 3 is 1.46 bits per heavy atom. The number of methoxy groups -OCH3 is 2. The van der Waals surface area contributed by atoms with E-state index in [0.717, 1.165) is 25.3 Å². The van der Waals surface area contributed by atoms with Crippen LogP contribution in [0.4, 0.5) is 0 Å². The topological polar surface area (TPSA) is 86.7 Å². The van der Waals surface area contributed by atoms with Crippen LogP contribution in [0.3, 0.4) is 0 Å². The molecule has 4 rings (SSSR count). The quantitative estimate of drug-likeness (QED) is 0.352. The smallest absolute Gasteiger partial charge is 0.326 e. The van der Waals surface area contributed by atoms with Crippen LogP contribution in [0.15, 0.2) is 88.7 Å². The van der Waals surface area contributed by atoms with Crippen molar-refractivity contribution in [2.75, 3.05) is 14.2 Å². The fraction of sp³-hybridized carbons (Fsp3) is 0.259. The molecule has 0 N–H and O–H groups in total. The number of carbonyl (C=O) groups excluding carboxylic acids is 2. The van der Waals surface area contributed by atoms with Crippen molar-refractivity contribution in [1.29, 1.82) is 0 Å². The van der Waals surface area contributed by atoms with Crippen molar-refractivity contribution < 1.29 is 27.5 Å². The van der Waals surface area contributed by atoms with E-state index in [2.05, 4.69) is 0 Å². The summed E-state index contributed by atoms with van der Waals surface area (Å²) in [5, 5.41) is 0. The number of esters is 2. The molecule has 0 saturated heterocycles. The molecule has 6 nitrogen and oxygen atoms in total. The van der Waals surface area contributed by atoms with Gasteiger partial charge in [-0.3, -0.25) is 18.0 Å². The summed E-state index contributed by atoms with van der Waals surface area (Å²) in [7, 11) is -1.84. The highest BCUT2D eigenvalue weighted by atomic mass is 32.2. The largest absolute Gasteiger partial charge is 0.468 e. The molecule has 0 spiro atoms. The Morgan fingerprint density at radius 1 is 0.686 bits per heavy atom. The molecule has 3 aromatic carbocycles. The second kappa shape index (κ2) is 9.51. The molecule has 1 fully saturated rings. The summed E-state index contributed by atoms with van der Waals surface area (Å²) in [6.07, 6.45) is 0. The van der Waals surface area contributed by atoms with Gasteiger partial charge in [-0.1, -0.05) is 65.7 Å². The summed E-state index contributed by atoms with van der Waals surface area (Å²) < 4.78 is 37.3. The highest BCUT2D eigenvalue weighted by molar-refractivity contribution is 8.05. The second-order valence-electron chi connectivity index (χ2n) is 8.47. The number of carbonyl (C=O) groups is 2. The first-order valence-electron chi connectivity index (χ1n) is 11.0. The van der Waals surface area contributed by atoms with Crippen molar-refractivity contribution in [3.05, 3.63) is 95.6 Å². The van der Waals surface area contributed by atoms with Gasteiger partial charge in [0, 0.05) is 15.7 Å². The van der Waals surface area contributed by atoms with E-state index in [4.69, 9.17) is 9.47 Å². The first kappa shape index (κ1) is 25.0. The van der Waals surface area contributed by atoms with E-state index in [1.54, 1.807) is 78.9 Å². The van der Waals surface area contributed by atoms with Crippen LogP contribution in [0.2, 0.25) is 0 Å². The van der Waals surface area contributed by atoms with Gasteiger partial charge in [0.2, 0.25) is 5.41 Å². The zero-order valence-corrected chi connectivity index (χ0v) is 21.5. The van der Waals surface area contributed by atoms with Crippen LogP contribution in [0.5, 0.6) is 0 Å². The lowest BCUT2D eigenvalue weighted by Crippen LogP contribution is -2.42. The molecule has 0 aliphatic heterocycles. The normalized spacial score (nSPS) is 22.0. The molecule has 0 aromatic heterocycles.